The Morgan fingerprint density at radius 2 is 1.75 bits per heavy atom. The van der Waals surface area contributed by atoms with Crippen molar-refractivity contribution in [2.45, 2.75) is 66.8 Å². The van der Waals surface area contributed by atoms with E-state index in [2.05, 4.69) is 67.6 Å². The maximum absolute atomic E-state index is 4.85. The fourth-order valence-corrected chi connectivity index (χ4v) is 4.14. The van der Waals surface area contributed by atoms with Crippen LogP contribution in [0.3, 0.4) is 0 Å². The highest BCUT2D eigenvalue weighted by Crippen LogP contribution is 2.25. The Hall–Kier alpha value is -2.24. The first kappa shape index (κ1) is 20.5. The summed E-state index contributed by atoms with van der Waals surface area (Å²) in [5.74, 6) is 2.49. The minimum absolute atomic E-state index is 0.486. The molecule has 1 aliphatic rings. The van der Waals surface area contributed by atoms with Gasteiger partial charge in [0, 0.05) is 37.1 Å². The van der Waals surface area contributed by atoms with E-state index in [9.17, 15) is 0 Å². The molecule has 0 atom stereocenters. The van der Waals surface area contributed by atoms with E-state index in [0.29, 0.717) is 12.0 Å². The van der Waals surface area contributed by atoms with E-state index in [1.807, 2.05) is 6.20 Å². The van der Waals surface area contributed by atoms with Crippen molar-refractivity contribution in [3.63, 3.8) is 0 Å². The first-order chi connectivity index (χ1) is 13.4. The van der Waals surface area contributed by atoms with Crippen LogP contribution in [0.1, 0.15) is 56.1 Å². The van der Waals surface area contributed by atoms with E-state index in [1.165, 1.54) is 5.56 Å². The van der Waals surface area contributed by atoms with Gasteiger partial charge in [0.05, 0.1) is 6.20 Å². The Balaban J connectivity index is 1.69. The quantitative estimate of drug-likeness (QED) is 0.755. The predicted octanol–water partition coefficient (Wildman–Crippen LogP) is 3.89. The zero-order chi connectivity index (χ0) is 20.3. The van der Waals surface area contributed by atoms with Crippen molar-refractivity contribution in [1.82, 2.24) is 20.2 Å². The van der Waals surface area contributed by atoms with Gasteiger partial charge in [0.2, 0.25) is 5.95 Å². The number of piperidine rings is 1. The Bertz CT molecular complexity index is 772. The van der Waals surface area contributed by atoms with Gasteiger partial charge in [0.15, 0.2) is 5.82 Å². The molecule has 0 bridgehead atoms. The van der Waals surface area contributed by atoms with Gasteiger partial charge >= 0.3 is 0 Å². The van der Waals surface area contributed by atoms with E-state index in [4.69, 9.17) is 9.97 Å². The zero-order valence-corrected chi connectivity index (χ0v) is 18.2. The summed E-state index contributed by atoms with van der Waals surface area (Å²) < 4.78 is 0. The molecule has 0 aromatic carbocycles. The van der Waals surface area contributed by atoms with Crippen molar-refractivity contribution >= 4 is 11.8 Å². The normalized spacial score (nSPS) is 15.3. The van der Waals surface area contributed by atoms with Gasteiger partial charge in [-0.1, -0.05) is 13.8 Å². The van der Waals surface area contributed by atoms with Gasteiger partial charge < -0.3 is 9.80 Å². The molecule has 152 valence electrons. The van der Waals surface area contributed by atoms with Crippen LogP contribution >= 0.6 is 0 Å². The molecule has 2 aromatic heterocycles. The molecule has 0 unspecified atom stereocenters. The van der Waals surface area contributed by atoms with Crippen LogP contribution < -0.4 is 9.80 Å². The molecular formula is C22H34N6. The minimum atomic E-state index is 0.486. The van der Waals surface area contributed by atoms with Crippen molar-refractivity contribution in [2.75, 3.05) is 29.4 Å². The number of hydrogen-bond acceptors (Lipinski definition) is 6. The number of aryl methyl sites for hydroxylation is 3. The highest BCUT2D eigenvalue weighted by atomic mass is 15.3. The molecule has 1 saturated heterocycles. The number of aromatic nitrogens is 4. The molecule has 0 radical (unpaired) electrons. The summed E-state index contributed by atoms with van der Waals surface area (Å²) in [4.78, 5) is 14.4. The van der Waals surface area contributed by atoms with Gasteiger partial charge in [-0.2, -0.15) is 5.10 Å². The molecule has 0 aliphatic carbocycles. The molecule has 0 spiro atoms. The maximum Gasteiger partial charge on any atom is 0.225 e. The summed E-state index contributed by atoms with van der Waals surface area (Å²) in [5.41, 5.74) is 4.72. The lowest BCUT2D eigenvalue weighted by Gasteiger charge is -2.38. The second-order valence-electron chi connectivity index (χ2n) is 8.37. The molecule has 0 N–H and O–H groups in total. The summed E-state index contributed by atoms with van der Waals surface area (Å²) in [6.07, 6.45) is 5.02. The first-order valence-corrected chi connectivity index (χ1v) is 10.5. The first-order valence-electron chi connectivity index (χ1n) is 10.5. The van der Waals surface area contributed by atoms with Crippen LogP contribution in [0.2, 0.25) is 0 Å². The second-order valence-corrected chi connectivity index (χ2v) is 8.37. The molecule has 3 rings (SSSR count). The van der Waals surface area contributed by atoms with Crippen molar-refractivity contribution in [2.24, 2.45) is 5.92 Å². The number of nitrogens with zero attached hydrogens (tertiary/aromatic N) is 6. The Morgan fingerprint density at radius 1 is 1.11 bits per heavy atom. The summed E-state index contributed by atoms with van der Waals surface area (Å²) in [5, 5.41) is 8.49. The zero-order valence-electron chi connectivity index (χ0n) is 18.2. The van der Waals surface area contributed by atoms with Crippen LogP contribution in [0, 0.1) is 26.7 Å². The van der Waals surface area contributed by atoms with E-state index in [1.54, 1.807) is 0 Å². The van der Waals surface area contributed by atoms with Crippen molar-refractivity contribution < 1.29 is 0 Å². The lowest BCUT2D eigenvalue weighted by molar-refractivity contribution is 0.461. The largest absolute Gasteiger partial charge is 0.352 e. The number of hydrogen-bond donors (Lipinski definition) is 0. The molecule has 1 fully saturated rings. The summed E-state index contributed by atoms with van der Waals surface area (Å²) in [6.45, 7) is 15.9. The third-order valence-electron chi connectivity index (χ3n) is 5.62. The van der Waals surface area contributed by atoms with E-state index in [-0.39, 0.29) is 0 Å². The average molecular weight is 383 g/mol. The molecular weight excluding hydrogens is 348 g/mol. The SMILES string of the molecule is CCN(c1cc(C)cnn1)C1CCN(c2nc(C)c(CC(C)C)c(C)n2)CC1. The van der Waals surface area contributed by atoms with Gasteiger partial charge in [-0.3, -0.25) is 0 Å². The minimum Gasteiger partial charge on any atom is -0.352 e. The van der Waals surface area contributed by atoms with E-state index in [0.717, 1.165) is 67.6 Å². The highest BCUT2D eigenvalue weighted by Gasteiger charge is 2.26. The lowest BCUT2D eigenvalue weighted by atomic mass is 10.0. The maximum atomic E-state index is 4.85. The number of rotatable bonds is 6. The highest BCUT2D eigenvalue weighted by molar-refractivity contribution is 5.42. The molecule has 28 heavy (non-hydrogen) atoms. The molecule has 0 amide bonds. The van der Waals surface area contributed by atoms with Gasteiger partial charge in [0.25, 0.3) is 0 Å². The topological polar surface area (TPSA) is 58.0 Å². The monoisotopic (exact) mass is 382 g/mol. The van der Waals surface area contributed by atoms with Crippen molar-refractivity contribution in [3.05, 3.63) is 34.8 Å². The number of anilines is 2. The predicted molar refractivity (Wildman–Crippen MR) is 115 cm³/mol. The van der Waals surface area contributed by atoms with Crippen LogP contribution in [-0.2, 0) is 6.42 Å². The van der Waals surface area contributed by atoms with Crippen LogP contribution in [0.25, 0.3) is 0 Å². The van der Waals surface area contributed by atoms with Gasteiger partial charge in [-0.05, 0) is 70.1 Å². The Labute approximate surface area is 169 Å². The van der Waals surface area contributed by atoms with Gasteiger partial charge in [-0.25, -0.2) is 9.97 Å². The molecule has 0 saturated carbocycles. The molecule has 6 nitrogen and oxygen atoms in total. The molecule has 2 aromatic rings. The fourth-order valence-electron chi connectivity index (χ4n) is 4.14. The molecule has 6 heteroatoms. The lowest BCUT2D eigenvalue weighted by Crippen LogP contribution is -2.46. The van der Waals surface area contributed by atoms with E-state index < -0.39 is 0 Å². The smallest absolute Gasteiger partial charge is 0.225 e. The Morgan fingerprint density at radius 3 is 2.29 bits per heavy atom. The summed E-state index contributed by atoms with van der Waals surface area (Å²) in [6, 6.07) is 2.62. The summed E-state index contributed by atoms with van der Waals surface area (Å²) >= 11 is 0. The van der Waals surface area contributed by atoms with E-state index >= 15 is 0 Å². The third-order valence-corrected chi connectivity index (χ3v) is 5.62. The Kier molecular flexibility index (Phi) is 6.47. The standard InChI is InChI=1S/C22H34N6/c1-7-28(21-13-16(4)14-23-26-21)19-8-10-27(11-9-19)22-24-17(5)20(12-15(2)3)18(6)25-22/h13-15,19H,7-12H2,1-6H3. The van der Waals surface area contributed by atoms with Crippen LogP contribution in [-0.4, -0.2) is 45.8 Å². The van der Waals surface area contributed by atoms with Crippen molar-refractivity contribution in [1.29, 1.82) is 0 Å². The van der Waals surface area contributed by atoms with Gasteiger partial charge in [-0.15, -0.1) is 5.10 Å². The summed E-state index contributed by atoms with van der Waals surface area (Å²) in [7, 11) is 0. The average Bonchev–Trinajstić information content (AvgIpc) is 2.66. The molecule has 3 heterocycles. The van der Waals surface area contributed by atoms with Crippen LogP contribution in [0.5, 0.6) is 0 Å². The second kappa shape index (κ2) is 8.84. The van der Waals surface area contributed by atoms with Gasteiger partial charge in [0.1, 0.15) is 0 Å². The van der Waals surface area contributed by atoms with Crippen LogP contribution in [0.4, 0.5) is 11.8 Å². The molecule has 1 aliphatic heterocycles. The fraction of sp³-hybridized carbons (Fsp3) is 0.636. The van der Waals surface area contributed by atoms with Crippen LogP contribution in [0.15, 0.2) is 12.3 Å². The van der Waals surface area contributed by atoms with Crippen molar-refractivity contribution in [3.8, 4) is 0 Å². The third kappa shape index (κ3) is 4.59.